The third kappa shape index (κ3) is 3.59. The number of rotatable bonds is 7. The molecule has 3 aromatic rings. The first-order valence-electron chi connectivity index (χ1n) is 9.96. The topological polar surface area (TPSA) is 85.8 Å². The summed E-state index contributed by atoms with van der Waals surface area (Å²) in [5.41, 5.74) is 11.2. The first-order valence-corrected chi connectivity index (χ1v) is 9.96. The lowest BCUT2D eigenvalue weighted by atomic mass is 10.1. The molecule has 1 fully saturated rings. The van der Waals surface area contributed by atoms with Gasteiger partial charge in [-0.3, -0.25) is 4.79 Å². The van der Waals surface area contributed by atoms with Crippen LogP contribution < -0.4 is 11.1 Å². The second-order valence-electron chi connectivity index (χ2n) is 7.70. The number of carbonyl (C=O) groups excluding carboxylic acids is 1. The van der Waals surface area contributed by atoms with Crippen molar-refractivity contribution in [3.8, 4) is 0 Å². The molecule has 28 heavy (non-hydrogen) atoms. The second kappa shape index (κ2) is 7.62. The number of nitrogens with one attached hydrogen (secondary N) is 1. The molecular formula is C22H27N5O. The van der Waals surface area contributed by atoms with Gasteiger partial charge in [-0.15, -0.1) is 0 Å². The molecule has 6 nitrogen and oxygen atoms in total. The number of imidazole rings is 1. The van der Waals surface area contributed by atoms with Crippen LogP contribution in [0.15, 0.2) is 36.7 Å². The van der Waals surface area contributed by atoms with Gasteiger partial charge in [0, 0.05) is 24.7 Å². The summed E-state index contributed by atoms with van der Waals surface area (Å²) in [4.78, 5) is 21.1. The molecule has 2 heterocycles. The number of fused-ring (bicyclic) bond motifs is 1. The van der Waals surface area contributed by atoms with Crippen molar-refractivity contribution in [1.82, 2.24) is 19.9 Å². The molecule has 0 aliphatic heterocycles. The Bertz CT molecular complexity index is 995. The zero-order valence-electron chi connectivity index (χ0n) is 16.5. The molecule has 1 amide bonds. The standard InChI is InChI=1S/C22H27N5O/c1-14-15(2)26-21(23)19-20(14)27(13-25-19)11-7-6-10-24-22(28)18-12-17(18)16-8-4-3-5-9-16/h3-5,8-9,13,17-18H,6-7,10-12H2,1-2H3,(H2,23,26)(H,24,28)/t17-,18+/m0/s1. The summed E-state index contributed by atoms with van der Waals surface area (Å²) in [5, 5.41) is 3.10. The SMILES string of the molecule is Cc1nc(N)c2ncn(CCCCNC(=O)[C@@H]3C[C@H]3c3ccccc3)c2c1C. The Labute approximate surface area is 165 Å². The van der Waals surface area contributed by atoms with Gasteiger partial charge in [0.2, 0.25) is 5.91 Å². The Morgan fingerprint density at radius 3 is 2.82 bits per heavy atom. The van der Waals surface area contributed by atoms with Gasteiger partial charge in [0.1, 0.15) is 5.52 Å². The number of carbonyl (C=O) groups is 1. The van der Waals surface area contributed by atoms with Gasteiger partial charge in [0.25, 0.3) is 0 Å². The molecule has 0 radical (unpaired) electrons. The molecule has 1 aliphatic rings. The van der Waals surface area contributed by atoms with E-state index in [0.717, 1.165) is 48.1 Å². The number of aromatic nitrogens is 3. The average molecular weight is 377 g/mol. The van der Waals surface area contributed by atoms with Crippen LogP contribution in [0.2, 0.25) is 0 Å². The molecule has 1 aliphatic carbocycles. The maximum absolute atomic E-state index is 12.3. The number of benzene rings is 1. The molecule has 3 N–H and O–H groups in total. The smallest absolute Gasteiger partial charge is 0.223 e. The summed E-state index contributed by atoms with van der Waals surface area (Å²) in [6.07, 6.45) is 4.71. The highest BCUT2D eigenvalue weighted by molar-refractivity contribution is 5.88. The maximum Gasteiger partial charge on any atom is 0.223 e. The van der Waals surface area contributed by atoms with Gasteiger partial charge < -0.3 is 15.6 Å². The van der Waals surface area contributed by atoms with Crippen LogP contribution in [0.3, 0.4) is 0 Å². The summed E-state index contributed by atoms with van der Waals surface area (Å²) in [7, 11) is 0. The lowest BCUT2D eigenvalue weighted by molar-refractivity contribution is -0.122. The van der Waals surface area contributed by atoms with Crippen LogP contribution in [0.1, 0.15) is 42.0 Å². The van der Waals surface area contributed by atoms with Crippen molar-refractivity contribution in [3.63, 3.8) is 0 Å². The van der Waals surface area contributed by atoms with Crippen molar-refractivity contribution in [2.24, 2.45) is 5.92 Å². The van der Waals surface area contributed by atoms with Crippen molar-refractivity contribution in [3.05, 3.63) is 53.5 Å². The van der Waals surface area contributed by atoms with E-state index in [1.165, 1.54) is 5.56 Å². The van der Waals surface area contributed by atoms with E-state index in [1.807, 2.05) is 31.5 Å². The van der Waals surface area contributed by atoms with Crippen molar-refractivity contribution in [1.29, 1.82) is 0 Å². The normalized spacial score (nSPS) is 18.4. The van der Waals surface area contributed by atoms with Crippen LogP contribution in [-0.2, 0) is 11.3 Å². The Morgan fingerprint density at radius 1 is 1.25 bits per heavy atom. The molecule has 0 unspecified atom stereocenters. The highest BCUT2D eigenvalue weighted by Crippen LogP contribution is 2.47. The molecule has 0 bridgehead atoms. The lowest BCUT2D eigenvalue weighted by Crippen LogP contribution is -2.26. The third-order valence-corrected chi connectivity index (χ3v) is 5.75. The van der Waals surface area contributed by atoms with Crippen molar-refractivity contribution in [2.45, 2.75) is 45.6 Å². The number of aryl methyl sites for hydroxylation is 3. The molecular weight excluding hydrogens is 350 g/mol. The van der Waals surface area contributed by atoms with Crippen molar-refractivity contribution >= 4 is 22.8 Å². The molecule has 2 aromatic heterocycles. The molecule has 0 spiro atoms. The fourth-order valence-corrected chi connectivity index (χ4v) is 3.92. The Morgan fingerprint density at radius 2 is 2.04 bits per heavy atom. The molecule has 4 rings (SSSR count). The van der Waals surface area contributed by atoms with Gasteiger partial charge in [-0.1, -0.05) is 30.3 Å². The van der Waals surface area contributed by atoms with Gasteiger partial charge in [-0.2, -0.15) is 0 Å². The minimum Gasteiger partial charge on any atom is -0.382 e. The van der Waals surface area contributed by atoms with E-state index in [1.54, 1.807) is 0 Å². The van der Waals surface area contributed by atoms with Gasteiger partial charge >= 0.3 is 0 Å². The summed E-state index contributed by atoms with van der Waals surface area (Å²) >= 11 is 0. The second-order valence-corrected chi connectivity index (χ2v) is 7.70. The fraction of sp³-hybridized carbons (Fsp3) is 0.409. The number of nitrogens with two attached hydrogens (primary N) is 1. The highest BCUT2D eigenvalue weighted by atomic mass is 16.2. The predicted octanol–water partition coefficient (Wildman–Crippen LogP) is 3.33. The number of anilines is 1. The number of hydrogen-bond acceptors (Lipinski definition) is 4. The first kappa shape index (κ1) is 18.5. The molecule has 1 aromatic carbocycles. The highest BCUT2D eigenvalue weighted by Gasteiger charge is 2.43. The van der Waals surface area contributed by atoms with E-state index in [9.17, 15) is 4.79 Å². The minimum atomic E-state index is 0.140. The number of nitrogens with zero attached hydrogens (tertiary/aromatic N) is 3. The maximum atomic E-state index is 12.3. The lowest BCUT2D eigenvalue weighted by Gasteiger charge is -2.09. The quantitative estimate of drug-likeness (QED) is 0.619. The zero-order valence-corrected chi connectivity index (χ0v) is 16.5. The third-order valence-electron chi connectivity index (χ3n) is 5.75. The van der Waals surface area contributed by atoms with Gasteiger partial charge in [0.15, 0.2) is 5.82 Å². The summed E-state index contributed by atoms with van der Waals surface area (Å²) in [5.74, 6) is 1.21. The van der Waals surface area contributed by atoms with E-state index in [0.29, 0.717) is 18.3 Å². The van der Waals surface area contributed by atoms with Gasteiger partial charge in [0.05, 0.1) is 11.8 Å². The molecule has 2 atom stereocenters. The Hall–Kier alpha value is -2.89. The van der Waals surface area contributed by atoms with Crippen LogP contribution in [0.25, 0.3) is 11.0 Å². The Kier molecular flexibility index (Phi) is 5.03. The predicted molar refractivity (Wildman–Crippen MR) is 111 cm³/mol. The molecule has 1 saturated carbocycles. The van der Waals surface area contributed by atoms with E-state index < -0.39 is 0 Å². The van der Waals surface area contributed by atoms with E-state index in [-0.39, 0.29) is 11.8 Å². The number of unbranched alkanes of at least 4 members (excludes halogenated alkanes) is 1. The number of pyridine rings is 1. The minimum absolute atomic E-state index is 0.140. The van der Waals surface area contributed by atoms with Crippen LogP contribution >= 0.6 is 0 Å². The van der Waals surface area contributed by atoms with Gasteiger partial charge in [-0.25, -0.2) is 9.97 Å². The fourth-order valence-electron chi connectivity index (χ4n) is 3.92. The van der Waals surface area contributed by atoms with Gasteiger partial charge in [-0.05, 0) is 50.2 Å². The van der Waals surface area contributed by atoms with E-state index in [4.69, 9.17) is 5.73 Å². The molecule has 146 valence electrons. The van der Waals surface area contributed by atoms with E-state index >= 15 is 0 Å². The summed E-state index contributed by atoms with van der Waals surface area (Å²) in [6.45, 7) is 5.59. The molecule has 0 saturated heterocycles. The monoisotopic (exact) mass is 377 g/mol. The average Bonchev–Trinajstić information content (AvgIpc) is 3.39. The number of amides is 1. The molecule has 6 heteroatoms. The number of nitrogen functional groups attached to an aromatic ring is 1. The van der Waals surface area contributed by atoms with Crippen LogP contribution in [0, 0.1) is 19.8 Å². The van der Waals surface area contributed by atoms with Crippen LogP contribution in [0.5, 0.6) is 0 Å². The Balaban J connectivity index is 1.25. The largest absolute Gasteiger partial charge is 0.382 e. The number of hydrogen-bond donors (Lipinski definition) is 2. The van der Waals surface area contributed by atoms with Crippen molar-refractivity contribution < 1.29 is 4.79 Å². The summed E-state index contributed by atoms with van der Waals surface area (Å²) < 4.78 is 2.14. The zero-order chi connectivity index (χ0) is 19.7. The van der Waals surface area contributed by atoms with E-state index in [2.05, 4.69) is 38.9 Å². The van der Waals surface area contributed by atoms with Crippen LogP contribution in [-0.4, -0.2) is 27.0 Å². The summed E-state index contributed by atoms with van der Waals surface area (Å²) in [6, 6.07) is 10.3. The van der Waals surface area contributed by atoms with Crippen LogP contribution in [0.4, 0.5) is 5.82 Å². The first-order chi connectivity index (χ1) is 13.6. The van der Waals surface area contributed by atoms with Crippen molar-refractivity contribution in [2.75, 3.05) is 12.3 Å².